The highest BCUT2D eigenvalue weighted by atomic mass is 16.7. The molecule has 4 aliphatic rings. The first-order valence-electron chi connectivity index (χ1n) is 20.7. The molecular weight excluding hydrogens is 720 g/mol. The number of ether oxygens (including phenoxy) is 6. The second kappa shape index (κ2) is 22.7. The summed E-state index contributed by atoms with van der Waals surface area (Å²) in [6.45, 7) is 6.80. The van der Waals surface area contributed by atoms with Crippen molar-refractivity contribution in [1.29, 1.82) is 0 Å². The maximum absolute atomic E-state index is 11.9. The van der Waals surface area contributed by atoms with E-state index >= 15 is 0 Å². The van der Waals surface area contributed by atoms with E-state index in [1.54, 1.807) is 19.1 Å². The van der Waals surface area contributed by atoms with Gasteiger partial charge in [-0.25, -0.2) is 0 Å². The Bertz CT molecular complexity index is 1530. The number of carbonyl (C=O) groups is 2. The Balaban J connectivity index is 0.000000215. The zero-order chi connectivity index (χ0) is 39.7. The van der Waals surface area contributed by atoms with Gasteiger partial charge in [-0.3, -0.25) is 19.7 Å². The largest absolute Gasteiger partial charge is 0.466 e. The lowest BCUT2D eigenvalue weighted by Crippen LogP contribution is -2.30. The van der Waals surface area contributed by atoms with Crippen LogP contribution in [0.15, 0.2) is 36.4 Å². The van der Waals surface area contributed by atoms with E-state index in [9.17, 15) is 19.7 Å². The van der Waals surface area contributed by atoms with Gasteiger partial charge in [0.25, 0.3) is 5.69 Å². The van der Waals surface area contributed by atoms with Crippen molar-refractivity contribution in [3.63, 3.8) is 0 Å². The molecule has 2 aromatic carbocycles. The SMILES string of the molecule is CCOC(=O)C1CCC(Nc2ccc(COC3CCCCO3)cc2N)CC1.CCOC(=O)C1CCC(Nc2ccc(COC3CCCCO3)cc2[N+](=O)[O-])CC1. The lowest BCUT2D eigenvalue weighted by Gasteiger charge is -2.29. The zero-order valence-corrected chi connectivity index (χ0v) is 33.2. The van der Waals surface area contributed by atoms with E-state index in [-0.39, 0.29) is 59.6 Å². The molecule has 6 rings (SSSR count). The maximum atomic E-state index is 11.9. The Morgan fingerprint density at radius 2 is 1.16 bits per heavy atom. The molecule has 2 saturated carbocycles. The molecule has 2 heterocycles. The van der Waals surface area contributed by atoms with Crippen LogP contribution in [0.3, 0.4) is 0 Å². The number of hydrogen-bond donors (Lipinski definition) is 3. The molecule has 2 unspecified atom stereocenters. The van der Waals surface area contributed by atoms with Crippen LogP contribution in [0, 0.1) is 22.0 Å². The number of nitrogens with zero attached hydrogens (tertiary/aromatic N) is 1. The number of esters is 2. The molecule has 4 fully saturated rings. The third kappa shape index (κ3) is 13.6. The van der Waals surface area contributed by atoms with Gasteiger partial charge in [-0.15, -0.1) is 0 Å². The summed E-state index contributed by atoms with van der Waals surface area (Å²) in [5, 5.41) is 18.4. The molecule has 2 saturated heterocycles. The molecule has 4 N–H and O–H groups in total. The Hall–Kier alpha value is -3.98. The van der Waals surface area contributed by atoms with Crippen LogP contribution in [0.25, 0.3) is 0 Å². The van der Waals surface area contributed by atoms with E-state index in [4.69, 9.17) is 34.2 Å². The van der Waals surface area contributed by atoms with Crippen LogP contribution in [-0.4, -0.2) is 68.0 Å². The number of nitrogens with two attached hydrogens (primary N) is 1. The fraction of sp³-hybridized carbons (Fsp3) is 0.667. The molecule has 0 spiro atoms. The van der Waals surface area contributed by atoms with Gasteiger partial charge in [-0.05, 0) is 133 Å². The highest BCUT2D eigenvalue weighted by Gasteiger charge is 2.29. The number of hydrogen-bond acceptors (Lipinski definition) is 13. The Kier molecular flexibility index (Phi) is 17.5. The maximum Gasteiger partial charge on any atom is 0.308 e. The summed E-state index contributed by atoms with van der Waals surface area (Å²) in [5.41, 5.74) is 10.3. The molecule has 2 atom stereocenters. The molecule has 0 aromatic heterocycles. The van der Waals surface area contributed by atoms with Gasteiger partial charge in [-0.2, -0.15) is 0 Å². The highest BCUT2D eigenvalue weighted by Crippen LogP contribution is 2.33. The Labute approximate surface area is 331 Å². The first-order valence-corrected chi connectivity index (χ1v) is 20.7. The Morgan fingerprint density at radius 1 is 0.696 bits per heavy atom. The average Bonchev–Trinajstić information content (AvgIpc) is 3.22. The summed E-state index contributed by atoms with van der Waals surface area (Å²) in [4.78, 5) is 34.9. The molecule has 2 aliphatic carbocycles. The third-order valence-corrected chi connectivity index (χ3v) is 10.9. The van der Waals surface area contributed by atoms with Gasteiger partial charge in [0.2, 0.25) is 0 Å². The van der Waals surface area contributed by atoms with E-state index in [0.29, 0.717) is 38.2 Å². The van der Waals surface area contributed by atoms with E-state index in [2.05, 4.69) is 10.6 Å². The lowest BCUT2D eigenvalue weighted by molar-refractivity contribution is -0.384. The fourth-order valence-corrected chi connectivity index (χ4v) is 7.74. The number of nitro benzene ring substituents is 1. The van der Waals surface area contributed by atoms with Gasteiger partial charge in [-0.1, -0.05) is 12.1 Å². The number of anilines is 3. The number of carbonyl (C=O) groups excluding carboxylic acids is 2. The van der Waals surface area contributed by atoms with Gasteiger partial charge >= 0.3 is 11.9 Å². The van der Waals surface area contributed by atoms with E-state index in [0.717, 1.165) is 119 Å². The monoisotopic (exact) mass is 782 g/mol. The van der Waals surface area contributed by atoms with Crippen molar-refractivity contribution in [3.8, 4) is 0 Å². The minimum absolute atomic E-state index is 0.0434. The molecule has 0 amide bonds. The topological polar surface area (TPSA) is 183 Å². The quantitative estimate of drug-likeness (QED) is 0.0684. The standard InChI is InChI=1S/C21H30N2O6.C21H32N2O4/c1-2-27-21(24)16-7-9-17(10-8-16)22-18-11-6-15(13-19(18)23(25)26)14-29-20-5-3-4-12-28-20;1-2-25-21(24)16-7-9-17(10-8-16)23-19-11-6-15(13-18(19)22)14-27-20-5-3-4-12-26-20/h6,11,13,16-17,20,22H,2-5,7-10,12,14H2,1H3;6,11,13,16-17,20,23H,2-5,7-10,12,14,22H2,1H3. The van der Waals surface area contributed by atoms with Gasteiger partial charge in [0.1, 0.15) is 5.69 Å². The van der Waals surface area contributed by atoms with Crippen LogP contribution < -0.4 is 16.4 Å². The predicted molar refractivity (Wildman–Crippen MR) is 213 cm³/mol. The number of nitrogens with one attached hydrogen (secondary N) is 2. The van der Waals surface area contributed by atoms with Gasteiger partial charge in [0, 0.05) is 31.4 Å². The summed E-state index contributed by atoms with van der Waals surface area (Å²) in [6.07, 6.45) is 12.6. The summed E-state index contributed by atoms with van der Waals surface area (Å²) in [7, 11) is 0. The minimum Gasteiger partial charge on any atom is -0.466 e. The normalized spacial score (nSPS) is 25.2. The summed E-state index contributed by atoms with van der Waals surface area (Å²) in [5.74, 6) is -0.212. The van der Waals surface area contributed by atoms with E-state index in [1.807, 2.05) is 31.2 Å². The summed E-state index contributed by atoms with van der Waals surface area (Å²) < 4.78 is 32.9. The molecule has 0 radical (unpaired) electrons. The van der Waals surface area contributed by atoms with Crippen molar-refractivity contribution in [1.82, 2.24) is 0 Å². The van der Waals surface area contributed by atoms with E-state index < -0.39 is 0 Å². The molecule has 310 valence electrons. The van der Waals surface area contributed by atoms with Crippen LogP contribution in [0.2, 0.25) is 0 Å². The van der Waals surface area contributed by atoms with Crippen LogP contribution >= 0.6 is 0 Å². The molecule has 2 aromatic rings. The smallest absolute Gasteiger partial charge is 0.308 e. The van der Waals surface area contributed by atoms with Crippen molar-refractivity contribution >= 4 is 34.7 Å². The van der Waals surface area contributed by atoms with Gasteiger partial charge < -0.3 is 44.8 Å². The number of nitrogen functional groups attached to an aromatic ring is 1. The van der Waals surface area contributed by atoms with Crippen molar-refractivity contribution in [2.24, 2.45) is 11.8 Å². The minimum atomic E-state index is -0.368. The summed E-state index contributed by atoms with van der Waals surface area (Å²) in [6, 6.07) is 11.6. The average molecular weight is 783 g/mol. The second-order valence-electron chi connectivity index (χ2n) is 15.1. The number of rotatable bonds is 15. The molecule has 2 aliphatic heterocycles. The molecular formula is C42H62N4O10. The predicted octanol–water partition coefficient (Wildman–Crippen LogP) is 8.02. The number of benzene rings is 2. The summed E-state index contributed by atoms with van der Waals surface area (Å²) >= 11 is 0. The first kappa shape index (κ1) is 43.1. The van der Waals surface area contributed by atoms with Crippen LogP contribution in [0.5, 0.6) is 0 Å². The van der Waals surface area contributed by atoms with Gasteiger partial charge in [0.15, 0.2) is 12.6 Å². The first-order chi connectivity index (χ1) is 27.2. The molecule has 56 heavy (non-hydrogen) atoms. The van der Waals surface area contributed by atoms with Crippen LogP contribution in [0.4, 0.5) is 22.7 Å². The van der Waals surface area contributed by atoms with Crippen molar-refractivity contribution in [2.45, 2.75) is 142 Å². The highest BCUT2D eigenvalue weighted by molar-refractivity contribution is 5.73. The lowest BCUT2D eigenvalue weighted by atomic mass is 9.86. The second-order valence-corrected chi connectivity index (χ2v) is 15.1. The fourth-order valence-electron chi connectivity index (χ4n) is 7.74. The number of nitro groups is 1. The molecule has 0 bridgehead atoms. The van der Waals surface area contributed by atoms with Gasteiger partial charge in [0.05, 0.1) is 54.6 Å². The Morgan fingerprint density at radius 3 is 1.59 bits per heavy atom. The van der Waals surface area contributed by atoms with Crippen LogP contribution in [-0.2, 0) is 51.2 Å². The van der Waals surface area contributed by atoms with E-state index in [1.165, 1.54) is 0 Å². The molecule has 14 nitrogen and oxygen atoms in total. The third-order valence-electron chi connectivity index (χ3n) is 10.9. The van der Waals surface area contributed by atoms with Crippen molar-refractivity contribution in [2.75, 3.05) is 42.8 Å². The molecule has 14 heteroatoms. The zero-order valence-electron chi connectivity index (χ0n) is 33.2. The van der Waals surface area contributed by atoms with Crippen molar-refractivity contribution in [3.05, 3.63) is 57.6 Å². The van der Waals surface area contributed by atoms with Crippen molar-refractivity contribution < 1.29 is 42.9 Å². The van der Waals surface area contributed by atoms with Crippen LogP contribution in [0.1, 0.15) is 115 Å².